The van der Waals surface area contributed by atoms with Crippen molar-refractivity contribution in [1.29, 1.82) is 0 Å². The Labute approximate surface area is 227 Å². The fourth-order valence-electron chi connectivity index (χ4n) is 2.30. The Morgan fingerprint density at radius 3 is 0.541 bits per heavy atom. The second-order valence-electron chi connectivity index (χ2n) is 6.61. The largest absolute Gasteiger partial charge is 4.00 e. The summed E-state index contributed by atoms with van der Waals surface area (Å²) in [5.74, 6) is -4.52. The molecule has 4 aromatic carbocycles. The molecule has 0 atom stereocenters. The molecule has 0 N–H and O–H groups in total. The van der Waals surface area contributed by atoms with Crippen LogP contribution in [0.2, 0.25) is 0 Å². The summed E-state index contributed by atoms with van der Waals surface area (Å²) in [7, 11) is 0. The van der Waals surface area contributed by atoms with Gasteiger partial charge in [0.1, 0.15) is 0 Å². The summed E-state index contributed by atoms with van der Waals surface area (Å²) in [4.78, 5) is 40.4. The van der Waals surface area contributed by atoms with Crippen molar-refractivity contribution in [3.63, 3.8) is 0 Å². The maximum atomic E-state index is 10.1. The molecular weight excluding hydrogens is 648 g/mol. The van der Waals surface area contributed by atoms with Crippen molar-refractivity contribution in [3.05, 3.63) is 144 Å². The van der Waals surface area contributed by atoms with Crippen molar-refractivity contribution < 1.29 is 60.7 Å². The number of carboxylic acid groups (broad SMARTS) is 4. The van der Waals surface area contributed by atoms with Gasteiger partial charge in [0.05, 0.1) is 23.9 Å². The van der Waals surface area contributed by atoms with Gasteiger partial charge in [-0.1, -0.05) is 121 Å². The van der Waals surface area contributed by atoms with Crippen LogP contribution < -0.4 is 20.4 Å². The number of hydrogen-bond donors (Lipinski definition) is 0. The van der Waals surface area contributed by atoms with E-state index in [2.05, 4.69) is 0 Å². The third-order valence-electron chi connectivity index (χ3n) is 4.04. The van der Waals surface area contributed by atoms with E-state index in [4.69, 9.17) is 0 Å². The average Bonchev–Trinajstić information content (AvgIpc) is 2.92. The number of benzene rings is 4. The smallest absolute Gasteiger partial charge is 0.545 e. The van der Waals surface area contributed by atoms with E-state index < -0.39 is 23.9 Å². The van der Waals surface area contributed by atoms with Gasteiger partial charge in [0.25, 0.3) is 0 Å². The molecule has 0 aliphatic rings. The first-order valence-electron chi connectivity index (χ1n) is 10.3. The SMILES string of the molecule is O=C([O-])c1ccccc1.O=C([O-])c1ccccc1.O=C([O-])c1ccccc1.O=C([O-])c1ccccc1.[W+4]. The minimum Gasteiger partial charge on any atom is -0.545 e. The zero-order chi connectivity index (χ0) is 26.8. The maximum absolute atomic E-state index is 10.1. The molecule has 0 fully saturated rings. The summed E-state index contributed by atoms with van der Waals surface area (Å²) < 4.78 is 0. The molecule has 0 aliphatic carbocycles. The van der Waals surface area contributed by atoms with Crippen molar-refractivity contribution in [2.24, 2.45) is 0 Å². The molecule has 0 aromatic heterocycles. The van der Waals surface area contributed by atoms with Gasteiger partial charge in [0.15, 0.2) is 0 Å². The Bertz CT molecular complexity index is 1020. The molecule has 9 heteroatoms. The number of rotatable bonds is 4. The molecule has 4 rings (SSSR count). The quantitative estimate of drug-likeness (QED) is 0.298. The second kappa shape index (κ2) is 18.7. The normalized spacial score (nSPS) is 8.65. The molecule has 186 valence electrons. The molecule has 0 saturated carbocycles. The molecule has 0 aliphatic heterocycles. The zero-order valence-electron chi connectivity index (χ0n) is 19.2. The van der Waals surface area contributed by atoms with Crippen LogP contribution in [0.1, 0.15) is 41.4 Å². The predicted molar refractivity (Wildman–Crippen MR) is 123 cm³/mol. The molecule has 0 heterocycles. The van der Waals surface area contributed by atoms with Gasteiger partial charge < -0.3 is 39.6 Å². The van der Waals surface area contributed by atoms with E-state index in [1.54, 1.807) is 72.8 Å². The van der Waals surface area contributed by atoms with Gasteiger partial charge in [-0.05, 0) is 22.3 Å². The second-order valence-corrected chi connectivity index (χ2v) is 6.61. The molecule has 0 spiro atoms. The predicted octanol–water partition coefficient (Wildman–Crippen LogP) is 0.198. The van der Waals surface area contributed by atoms with E-state index >= 15 is 0 Å². The van der Waals surface area contributed by atoms with Crippen LogP contribution in [0.4, 0.5) is 0 Å². The van der Waals surface area contributed by atoms with Crippen LogP contribution in [0.15, 0.2) is 121 Å². The summed E-state index contributed by atoms with van der Waals surface area (Å²) in [6, 6.07) is 32.3. The van der Waals surface area contributed by atoms with Crippen molar-refractivity contribution in [2.75, 3.05) is 0 Å². The number of aromatic carboxylic acids is 4. The van der Waals surface area contributed by atoms with Gasteiger partial charge in [0.2, 0.25) is 0 Å². The van der Waals surface area contributed by atoms with E-state index in [0.29, 0.717) is 0 Å². The minimum absolute atomic E-state index is 0. The first kappa shape index (κ1) is 32.4. The van der Waals surface area contributed by atoms with Crippen LogP contribution in [-0.2, 0) is 21.1 Å². The Kier molecular flexibility index (Phi) is 16.4. The molecule has 4 aromatic rings. The van der Waals surface area contributed by atoms with Gasteiger partial charge in [-0.3, -0.25) is 0 Å². The Morgan fingerprint density at radius 1 is 0.324 bits per heavy atom. The van der Waals surface area contributed by atoms with Gasteiger partial charge >= 0.3 is 21.1 Å². The third-order valence-corrected chi connectivity index (χ3v) is 4.04. The van der Waals surface area contributed by atoms with Crippen LogP contribution in [0, 0.1) is 0 Å². The Balaban J connectivity index is 0.000000463. The topological polar surface area (TPSA) is 161 Å². The average molecular weight is 668 g/mol. The maximum Gasteiger partial charge on any atom is 4.00 e. The van der Waals surface area contributed by atoms with Crippen molar-refractivity contribution in [2.45, 2.75) is 0 Å². The third kappa shape index (κ3) is 14.4. The summed E-state index contributed by atoms with van der Waals surface area (Å²) in [6.45, 7) is 0. The number of carbonyl (C=O) groups is 4. The first-order chi connectivity index (χ1) is 17.2. The van der Waals surface area contributed by atoms with Gasteiger partial charge in [0, 0.05) is 0 Å². The van der Waals surface area contributed by atoms with E-state index in [-0.39, 0.29) is 43.3 Å². The molecule has 37 heavy (non-hydrogen) atoms. The molecule has 0 unspecified atom stereocenters. The van der Waals surface area contributed by atoms with Crippen LogP contribution in [0.3, 0.4) is 0 Å². The van der Waals surface area contributed by atoms with Crippen LogP contribution in [0.5, 0.6) is 0 Å². The monoisotopic (exact) mass is 668 g/mol. The van der Waals surface area contributed by atoms with E-state index in [1.807, 2.05) is 0 Å². The fourth-order valence-corrected chi connectivity index (χ4v) is 2.30. The van der Waals surface area contributed by atoms with Crippen molar-refractivity contribution in [1.82, 2.24) is 0 Å². The van der Waals surface area contributed by atoms with Crippen LogP contribution in [0.25, 0.3) is 0 Å². The summed E-state index contributed by atoms with van der Waals surface area (Å²) >= 11 is 0. The van der Waals surface area contributed by atoms with E-state index in [0.717, 1.165) is 0 Å². The zero-order valence-corrected chi connectivity index (χ0v) is 22.2. The molecular formula is C28H20O8W. The van der Waals surface area contributed by atoms with Crippen LogP contribution >= 0.6 is 0 Å². The number of hydrogen-bond acceptors (Lipinski definition) is 8. The summed E-state index contributed by atoms with van der Waals surface area (Å²) in [5, 5.41) is 40.4. The van der Waals surface area contributed by atoms with Crippen molar-refractivity contribution in [3.8, 4) is 0 Å². The summed E-state index contributed by atoms with van der Waals surface area (Å²) in [5.41, 5.74) is 0.880. The number of carbonyl (C=O) groups excluding carboxylic acids is 4. The molecule has 8 nitrogen and oxygen atoms in total. The standard InChI is InChI=1S/4C7H6O2.W/c4*8-7(9)6-4-2-1-3-5-6;/h4*1-5H,(H,8,9);/q;;;;+4/p-4. The van der Waals surface area contributed by atoms with Crippen molar-refractivity contribution >= 4 is 23.9 Å². The molecule has 0 amide bonds. The fraction of sp³-hybridized carbons (Fsp3) is 0. The first-order valence-corrected chi connectivity index (χ1v) is 10.3. The molecule has 0 saturated heterocycles. The van der Waals surface area contributed by atoms with Gasteiger partial charge in [-0.2, -0.15) is 0 Å². The van der Waals surface area contributed by atoms with Gasteiger partial charge in [-0.25, -0.2) is 0 Å². The van der Waals surface area contributed by atoms with Gasteiger partial charge in [-0.15, -0.1) is 0 Å². The minimum atomic E-state index is -1.13. The molecule has 0 bridgehead atoms. The Morgan fingerprint density at radius 2 is 0.459 bits per heavy atom. The number of carboxylic acids is 4. The Hall–Kier alpha value is -4.55. The van der Waals surface area contributed by atoms with E-state index in [1.165, 1.54) is 48.5 Å². The molecule has 0 radical (unpaired) electrons. The van der Waals surface area contributed by atoms with E-state index in [9.17, 15) is 39.6 Å². The van der Waals surface area contributed by atoms with Crippen LogP contribution in [-0.4, -0.2) is 23.9 Å². The summed E-state index contributed by atoms with van der Waals surface area (Å²) in [6.07, 6.45) is 0.